The summed E-state index contributed by atoms with van der Waals surface area (Å²) in [6.45, 7) is 13.8. The Morgan fingerprint density at radius 3 is 1.98 bits per heavy atom. The zero-order valence-corrected chi connectivity index (χ0v) is 33.7. The van der Waals surface area contributed by atoms with Crippen molar-refractivity contribution in [3.05, 3.63) is 66.2 Å². The van der Waals surface area contributed by atoms with E-state index in [0.717, 1.165) is 48.0 Å². The summed E-state index contributed by atoms with van der Waals surface area (Å²) in [5, 5.41) is 15.9. The largest absolute Gasteiger partial charge is 0.400 e. The van der Waals surface area contributed by atoms with Crippen LogP contribution in [0.4, 0.5) is 0 Å². The molecule has 7 atom stereocenters. The van der Waals surface area contributed by atoms with E-state index in [-0.39, 0.29) is 5.91 Å². The van der Waals surface area contributed by atoms with Gasteiger partial charge < -0.3 is 5.11 Å². The first-order valence-corrected chi connectivity index (χ1v) is 21.1. The number of aliphatic hydroxyl groups excluding tert-OH is 1. The van der Waals surface area contributed by atoms with Crippen molar-refractivity contribution in [1.29, 1.82) is 5.26 Å². The third kappa shape index (κ3) is 12.4. The maximum absolute atomic E-state index is 12.4. The molecule has 4 saturated carbocycles. The zero-order chi connectivity index (χ0) is 36.8. The summed E-state index contributed by atoms with van der Waals surface area (Å²) in [5.74, 6) is 4.81. The first-order chi connectivity index (χ1) is 24.4. The number of carbonyl (C=O) groups excluding carboxylic acids is 1. The highest BCUT2D eigenvalue weighted by Gasteiger charge is 2.59. The molecule has 0 bridgehead atoms. The van der Waals surface area contributed by atoms with Crippen molar-refractivity contribution in [2.45, 2.75) is 156 Å². The number of carbonyl (C=O) groups is 1. The topological polar surface area (TPSA) is 73.1 Å². The fourth-order valence-corrected chi connectivity index (χ4v) is 10.6. The fourth-order valence-electron chi connectivity index (χ4n) is 10.0. The van der Waals surface area contributed by atoms with Crippen molar-refractivity contribution < 1.29 is 9.90 Å². The van der Waals surface area contributed by atoms with Crippen LogP contribution < -0.4 is 4.72 Å². The van der Waals surface area contributed by atoms with E-state index in [4.69, 9.17) is 10.4 Å². The number of hydrogen-bond donors (Lipinski definition) is 2. The molecule has 2 aromatic rings. The lowest BCUT2D eigenvalue weighted by Gasteiger charge is -2.60. The molecule has 2 aromatic carbocycles. The summed E-state index contributed by atoms with van der Waals surface area (Å²) in [7, 11) is 1.00. The molecular formula is C45H72N2O2S. The molecule has 6 rings (SSSR count). The molecule has 0 heterocycles. The highest BCUT2D eigenvalue weighted by Crippen LogP contribution is 2.67. The van der Waals surface area contributed by atoms with Crippen LogP contribution in [-0.2, 0) is 4.79 Å². The number of amides is 1. The standard InChI is InChI=1S/C30H42N2OS.C6H6.C6H14.C2H6.CH4O/c1-29-18-4-3-6-22(29)11-15-25-26-16-12-23(30(26,2)19-17-27(25)29)7-5-8-28(33)32-34-24-13-9-21(20-31)10-14-24;1-2-4-6-5-3-1;1-3-5-6-4-2;2*1-2/h9-10,13-14,22-23,25-27H,3-8,11-12,15-19H2,1-2H3,(H,32,33);1-6H;3-6H2,1-2H3;1-2H3;2H,1H3. The van der Waals surface area contributed by atoms with Crippen LogP contribution in [-0.4, -0.2) is 18.1 Å². The number of nitriles is 1. The van der Waals surface area contributed by atoms with Gasteiger partial charge in [0, 0.05) is 18.4 Å². The molecule has 0 saturated heterocycles. The molecule has 0 spiro atoms. The second-order valence-corrected chi connectivity index (χ2v) is 16.1. The van der Waals surface area contributed by atoms with Gasteiger partial charge in [0.15, 0.2) is 0 Å². The second-order valence-electron chi connectivity index (χ2n) is 15.2. The predicted octanol–water partition coefficient (Wildman–Crippen LogP) is 12.8. The second kappa shape index (κ2) is 24.0. The zero-order valence-electron chi connectivity index (χ0n) is 32.9. The van der Waals surface area contributed by atoms with Gasteiger partial charge in [-0.25, -0.2) is 0 Å². The molecule has 4 fully saturated rings. The van der Waals surface area contributed by atoms with Gasteiger partial charge in [-0.2, -0.15) is 5.26 Å². The monoisotopic (exact) mass is 705 g/mol. The minimum atomic E-state index is 0.126. The molecule has 4 aliphatic rings. The van der Waals surface area contributed by atoms with Crippen LogP contribution in [0, 0.1) is 51.8 Å². The van der Waals surface area contributed by atoms with Crippen LogP contribution in [0.2, 0.25) is 0 Å². The third-order valence-electron chi connectivity index (χ3n) is 12.6. The van der Waals surface area contributed by atoms with E-state index < -0.39 is 0 Å². The molecule has 0 aliphatic heterocycles. The Morgan fingerprint density at radius 1 is 0.800 bits per heavy atom. The molecule has 0 radical (unpaired) electrons. The Bertz CT molecular complexity index is 1180. The fraction of sp³-hybridized carbons (Fsp3) is 0.689. The number of unbranched alkanes of at least 4 members (excludes halogenated alkanes) is 3. The van der Waals surface area contributed by atoms with Gasteiger partial charge in [0.25, 0.3) is 0 Å². The summed E-state index contributed by atoms with van der Waals surface area (Å²) < 4.78 is 2.99. The van der Waals surface area contributed by atoms with E-state index in [1.54, 1.807) is 12.1 Å². The lowest BCUT2D eigenvalue weighted by molar-refractivity contribution is -0.119. The van der Waals surface area contributed by atoms with E-state index in [9.17, 15) is 4.79 Å². The first kappa shape index (κ1) is 43.9. The van der Waals surface area contributed by atoms with E-state index in [1.165, 1.54) is 108 Å². The van der Waals surface area contributed by atoms with Gasteiger partial charge in [0.05, 0.1) is 11.6 Å². The molecule has 0 aromatic heterocycles. The SMILES string of the molecule is CC.CC12CCCCC1CCC1C2CCC2(C)C(CCCC(=O)NSc3ccc(C#N)cc3)CCC12.CCCCCC.CO.c1ccccc1. The minimum absolute atomic E-state index is 0.126. The number of nitrogens with one attached hydrogen (secondary N) is 1. The number of benzene rings is 2. The van der Waals surface area contributed by atoms with Crippen LogP contribution >= 0.6 is 11.9 Å². The van der Waals surface area contributed by atoms with Gasteiger partial charge in [0.1, 0.15) is 0 Å². The molecular weight excluding hydrogens is 633 g/mol. The van der Waals surface area contributed by atoms with Crippen molar-refractivity contribution >= 4 is 17.9 Å². The summed E-state index contributed by atoms with van der Waals surface area (Å²) in [4.78, 5) is 13.4. The minimum Gasteiger partial charge on any atom is -0.400 e. The molecule has 5 heteroatoms. The molecule has 50 heavy (non-hydrogen) atoms. The Labute approximate surface area is 312 Å². The van der Waals surface area contributed by atoms with Crippen molar-refractivity contribution in [1.82, 2.24) is 4.72 Å². The number of nitrogens with zero attached hydrogens (tertiary/aromatic N) is 1. The summed E-state index contributed by atoms with van der Waals surface area (Å²) in [5.41, 5.74) is 1.78. The molecule has 4 aliphatic carbocycles. The van der Waals surface area contributed by atoms with Crippen LogP contribution in [0.1, 0.15) is 156 Å². The van der Waals surface area contributed by atoms with Gasteiger partial charge in [-0.05, 0) is 141 Å². The normalized spacial score (nSPS) is 28.7. The molecule has 4 nitrogen and oxygen atoms in total. The van der Waals surface area contributed by atoms with Gasteiger partial charge in [-0.1, -0.05) is 116 Å². The Balaban J connectivity index is 0.000000453. The van der Waals surface area contributed by atoms with Crippen LogP contribution in [0.3, 0.4) is 0 Å². The van der Waals surface area contributed by atoms with Crippen molar-refractivity contribution in [3.63, 3.8) is 0 Å². The quantitative estimate of drug-likeness (QED) is 0.201. The van der Waals surface area contributed by atoms with Crippen molar-refractivity contribution in [3.8, 4) is 6.07 Å². The third-order valence-corrected chi connectivity index (χ3v) is 13.5. The highest BCUT2D eigenvalue weighted by molar-refractivity contribution is 7.98. The van der Waals surface area contributed by atoms with Crippen LogP contribution in [0.15, 0.2) is 65.6 Å². The Hall–Kier alpha value is -2.29. The van der Waals surface area contributed by atoms with Gasteiger partial charge in [-0.15, -0.1) is 0 Å². The lowest BCUT2D eigenvalue weighted by Crippen LogP contribution is -2.52. The molecule has 2 N–H and O–H groups in total. The number of fused-ring (bicyclic) bond motifs is 5. The van der Waals surface area contributed by atoms with Gasteiger partial charge in [0.2, 0.25) is 5.91 Å². The maximum Gasteiger partial charge on any atom is 0.230 e. The predicted molar refractivity (Wildman–Crippen MR) is 215 cm³/mol. The van der Waals surface area contributed by atoms with Crippen LogP contribution in [0.25, 0.3) is 0 Å². The maximum atomic E-state index is 12.4. The smallest absolute Gasteiger partial charge is 0.230 e. The van der Waals surface area contributed by atoms with E-state index in [2.05, 4.69) is 38.5 Å². The summed E-state index contributed by atoms with van der Waals surface area (Å²) in [6, 6.07) is 21.5. The van der Waals surface area contributed by atoms with Gasteiger partial charge >= 0.3 is 0 Å². The van der Waals surface area contributed by atoms with Crippen LogP contribution in [0.5, 0.6) is 0 Å². The number of rotatable bonds is 9. The van der Waals surface area contributed by atoms with E-state index in [0.29, 0.717) is 22.8 Å². The summed E-state index contributed by atoms with van der Waals surface area (Å²) >= 11 is 1.36. The average Bonchev–Trinajstić information content (AvgIpc) is 3.51. The van der Waals surface area contributed by atoms with Crippen molar-refractivity contribution in [2.75, 3.05) is 7.11 Å². The average molecular weight is 705 g/mol. The number of hydrogen-bond acceptors (Lipinski definition) is 4. The molecule has 280 valence electrons. The van der Waals surface area contributed by atoms with Crippen molar-refractivity contribution in [2.24, 2.45) is 40.4 Å². The van der Waals surface area contributed by atoms with E-state index >= 15 is 0 Å². The Kier molecular flexibility index (Phi) is 21.1. The van der Waals surface area contributed by atoms with E-state index in [1.807, 2.05) is 62.4 Å². The summed E-state index contributed by atoms with van der Waals surface area (Å²) in [6.07, 6.45) is 23.0. The molecule has 1 amide bonds. The first-order valence-electron chi connectivity index (χ1n) is 20.3. The lowest BCUT2D eigenvalue weighted by atomic mass is 9.45. The Morgan fingerprint density at radius 2 is 1.40 bits per heavy atom. The molecule has 7 unspecified atom stereocenters. The highest BCUT2D eigenvalue weighted by atomic mass is 32.2. The number of aliphatic hydroxyl groups is 1. The van der Waals surface area contributed by atoms with Gasteiger partial charge in [-0.3, -0.25) is 9.52 Å².